The molecule has 0 spiro atoms. The van der Waals surface area contributed by atoms with Gasteiger partial charge in [0, 0.05) is 22.8 Å². The molecule has 1 N–H and O–H groups in total. The van der Waals surface area contributed by atoms with Gasteiger partial charge in [-0.25, -0.2) is 0 Å². The van der Waals surface area contributed by atoms with Crippen molar-refractivity contribution in [2.45, 2.75) is 0 Å². The van der Waals surface area contributed by atoms with Crippen LogP contribution in [0.15, 0.2) is 72.0 Å². The Balaban J connectivity index is 1.71. The predicted octanol–water partition coefficient (Wildman–Crippen LogP) is 5.00. The molecule has 0 aliphatic heterocycles. The second-order valence-corrected chi connectivity index (χ2v) is 5.12. The van der Waals surface area contributed by atoms with Gasteiger partial charge in [-0.3, -0.25) is 10.4 Å². The summed E-state index contributed by atoms with van der Waals surface area (Å²) in [6.45, 7) is 0. The van der Waals surface area contributed by atoms with Crippen LogP contribution >= 0.6 is 11.6 Å². The predicted molar refractivity (Wildman–Crippen MR) is 94.3 cm³/mol. The molecule has 0 saturated carbocycles. The number of fused-ring (bicyclic) bond motifs is 1. The first-order valence-corrected chi connectivity index (χ1v) is 7.26. The van der Waals surface area contributed by atoms with Crippen molar-refractivity contribution in [3.05, 3.63) is 77.5 Å². The normalized spacial score (nSPS) is 11.5. The summed E-state index contributed by atoms with van der Waals surface area (Å²) in [6, 6.07) is 17.6. The minimum Gasteiger partial charge on any atom is -0.278 e. The van der Waals surface area contributed by atoms with Crippen LogP contribution in [0.4, 0.5) is 5.69 Å². The summed E-state index contributed by atoms with van der Waals surface area (Å²) in [5.41, 5.74) is 5.90. The van der Waals surface area contributed by atoms with Crippen LogP contribution < -0.4 is 5.43 Å². The zero-order valence-electron chi connectivity index (χ0n) is 11.8. The van der Waals surface area contributed by atoms with E-state index in [1.807, 2.05) is 66.7 Å². The molecular weight excluding hydrogens is 294 g/mol. The summed E-state index contributed by atoms with van der Waals surface area (Å²) in [4.78, 5) is 4.30. The monoisotopic (exact) mass is 307 g/mol. The van der Waals surface area contributed by atoms with Crippen LogP contribution in [0.25, 0.3) is 17.0 Å². The fraction of sp³-hybridized carbons (Fsp3) is 0. The van der Waals surface area contributed by atoms with Crippen LogP contribution in [0.3, 0.4) is 0 Å². The lowest BCUT2D eigenvalue weighted by Gasteiger charge is -2.04. The number of hydrogen-bond acceptors (Lipinski definition) is 3. The topological polar surface area (TPSA) is 37.3 Å². The van der Waals surface area contributed by atoms with E-state index in [2.05, 4.69) is 15.5 Å². The SMILES string of the molecule is Clc1ccc2c(N/N=C/C=C/c3ccccc3)ccnc2c1. The van der Waals surface area contributed by atoms with Crippen molar-refractivity contribution in [2.24, 2.45) is 5.10 Å². The smallest absolute Gasteiger partial charge is 0.0738 e. The fourth-order valence-corrected chi connectivity index (χ4v) is 2.25. The summed E-state index contributed by atoms with van der Waals surface area (Å²) in [5, 5.41) is 5.86. The molecule has 0 aliphatic carbocycles. The molecule has 3 rings (SSSR count). The fourth-order valence-electron chi connectivity index (χ4n) is 2.09. The third-order valence-electron chi connectivity index (χ3n) is 3.14. The van der Waals surface area contributed by atoms with Crippen molar-refractivity contribution in [2.75, 3.05) is 5.43 Å². The van der Waals surface area contributed by atoms with Gasteiger partial charge in [0.2, 0.25) is 0 Å². The summed E-state index contributed by atoms with van der Waals surface area (Å²) >= 11 is 5.98. The maximum absolute atomic E-state index is 5.98. The Labute approximate surface area is 134 Å². The second-order valence-electron chi connectivity index (χ2n) is 4.68. The Morgan fingerprint density at radius 2 is 1.91 bits per heavy atom. The Kier molecular flexibility index (Phi) is 4.47. The molecule has 3 nitrogen and oxygen atoms in total. The molecule has 0 fully saturated rings. The van der Waals surface area contributed by atoms with E-state index in [1.165, 1.54) is 0 Å². The van der Waals surface area contributed by atoms with Gasteiger partial charge in [0.15, 0.2) is 0 Å². The molecule has 108 valence electrons. The number of halogens is 1. The summed E-state index contributed by atoms with van der Waals surface area (Å²) in [7, 11) is 0. The Morgan fingerprint density at radius 1 is 1.05 bits per heavy atom. The number of pyridine rings is 1. The Morgan fingerprint density at radius 3 is 2.77 bits per heavy atom. The van der Waals surface area contributed by atoms with E-state index < -0.39 is 0 Å². The maximum atomic E-state index is 5.98. The Hall–Kier alpha value is -2.65. The van der Waals surface area contributed by atoms with E-state index in [0.717, 1.165) is 22.2 Å². The number of aromatic nitrogens is 1. The molecule has 0 atom stereocenters. The molecule has 0 saturated heterocycles. The zero-order chi connectivity index (χ0) is 15.2. The molecule has 0 radical (unpaired) electrons. The number of hydrogen-bond donors (Lipinski definition) is 1. The lowest BCUT2D eigenvalue weighted by molar-refractivity contribution is 1.34. The lowest BCUT2D eigenvalue weighted by Crippen LogP contribution is -1.91. The number of hydrazone groups is 1. The van der Waals surface area contributed by atoms with Gasteiger partial charge in [0.25, 0.3) is 0 Å². The number of nitrogens with zero attached hydrogens (tertiary/aromatic N) is 2. The van der Waals surface area contributed by atoms with Gasteiger partial charge in [-0.15, -0.1) is 0 Å². The maximum Gasteiger partial charge on any atom is 0.0738 e. The van der Waals surface area contributed by atoms with Gasteiger partial charge in [0.05, 0.1) is 11.2 Å². The highest BCUT2D eigenvalue weighted by molar-refractivity contribution is 6.31. The van der Waals surface area contributed by atoms with Crippen molar-refractivity contribution in [3.8, 4) is 0 Å². The number of allylic oxidation sites excluding steroid dienone is 1. The first-order chi connectivity index (χ1) is 10.8. The first kappa shape index (κ1) is 14.3. The van der Waals surface area contributed by atoms with Gasteiger partial charge < -0.3 is 0 Å². The standard InChI is InChI=1S/C18H14ClN3/c19-15-8-9-16-17(10-12-20-18(16)13-15)22-21-11-4-7-14-5-2-1-3-6-14/h1-13H,(H,20,22)/b7-4+,21-11+. The van der Waals surface area contributed by atoms with Gasteiger partial charge in [-0.1, -0.05) is 48.0 Å². The zero-order valence-corrected chi connectivity index (χ0v) is 12.5. The summed E-state index contributed by atoms with van der Waals surface area (Å²) in [6.07, 6.45) is 7.34. The first-order valence-electron chi connectivity index (χ1n) is 6.88. The molecule has 3 aromatic rings. The highest BCUT2D eigenvalue weighted by atomic mass is 35.5. The molecule has 0 unspecified atom stereocenters. The van der Waals surface area contributed by atoms with Gasteiger partial charge in [-0.2, -0.15) is 5.10 Å². The molecule has 22 heavy (non-hydrogen) atoms. The van der Waals surface area contributed by atoms with Crippen LogP contribution in [0.1, 0.15) is 5.56 Å². The molecule has 1 aromatic heterocycles. The van der Waals surface area contributed by atoms with Crippen molar-refractivity contribution in [1.29, 1.82) is 0 Å². The van der Waals surface area contributed by atoms with Gasteiger partial charge in [-0.05, 0) is 35.9 Å². The minimum atomic E-state index is 0.673. The molecule has 0 aliphatic rings. The molecule has 1 heterocycles. The largest absolute Gasteiger partial charge is 0.278 e. The van der Waals surface area contributed by atoms with Gasteiger partial charge in [0.1, 0.15) is 0 Å². The average Bonchev–Trinajstić information content (AvgIpc) is 2.55. The third kappa shape index (κ3) is 3.51. The van der Waals surface area contributed by atoms with E-state index in [1.54, 1.807) is 12.4 Å². The summed E-state index contributed by atoms with van der Waals surface area (Å²) in [5.74, 6) is 0. The van der Waals surface area contributed by atoms with Crippen LogP contribution in [0.2, 0.25) is 5.02 Å². The van der Waals surface area contributed by atoms with E-state index >= 15 is 0 Å². The van der Waals surface area contributed by atoms with Crippen LogP contribution in [0, 0.1) is 0 Å². The van der Waals surface area contributed by atoms with E-state index in [4.69, 9.17) is 11.6 Å². The molecule has 0 amide bonds. The molecule has 4 heteroatoms. The second kappa shape index (κ2) is 6.87. The highest BCUT2D eigenvalue weighted by Crippen LogP contribution is 2.24. The van der Waals surface area contributed by atoms with Gasteiger partial charge >= 0.3 is 0 Å². The molecule has 0 bridgehead atoms. The van der Waals surface area contributed by atoms with Crippen molar-refractivity contribution in [1.82, 2.24) is 4.98 Å². The average molecular weight is 308 g/mol. The summed E-state index contributed by atoms with van der Waals surface area (Å²) < 4.78 is 0. The Bertz CT molecular complexity index is 826. The third-order valence-corrected chi connectivity index (χ3v) is 3.37. The van der Waals surface area contributed by atoms with Crippen LogP contribution in [-0.4, -0.2) is 11.2 Å². The molecular formula is C18H14ClN3. The van der Waals surface area contributed by atoms with Crippen molar-refractivity contribution in [3.63, 3.8) is 0 Å². The minimum absolute atomic E-state index is 0.673. The lowest BCUT2D eigenvalue weighted by atomic mass is 10.2. The van der Waals surface area contributed by atoms with E-state index in [-0.39, 0.29) is 0 Å². The highest BCUT2D eigenvalue weighted by Gasteiger charge is 2.01. The van der Waals surface area contributed by atoms with Crippen LogP contribution in [0.5, 0.6) is 0 Å². The number of benzene rings is 2. The number of anilines is 1. The van der Waals surface area contributed by atoms with E-state index in [0.29, 0.717) is 5.02 Å². The number of rotatable bonds is 4. The number of nitrogens with one attached hydrogen (secondary N) is 1. The van der Waals surface area contributed by atoms with Crippen LogP contribution in [-0.2, 0) is 0 Å². The van der Waals surface area contributed by atoms with Crippen molar-refractivity contribution < 1.29 is 0 Å². The molecule has 2 aromatic carbocycles. The van der Waals surface area contributed by atoms with Crippen molar-refractivity contribution >= 4 is 40.5 Å². The quantitative estimate of drug-likeness (QED) is 0.544. The van der Waals surface area contributed by atoms with E-state index in [9.17, 15) is 0 Å².